The van der Waals surface area contributed by atoms with Crippen molar-refractivity contribution in [2.45, 2.75) is 6.18 Å². The van der Waals surface area contributed by atoms with E-state index in [9.17, 15) is 18.0 Å². The molecule has 6 heteroatoms. The molecule has 2 rings (SSSR count). The van der Waals surface area contributed by atoms with Gasteiger partial charge in [0.1, 0.15) is 5.70 Å². The van der Waals surface area contributed by atoms with Gasteiger partial charge in [-0.2, -0.15) is 13.2 Å². The van der Waals surface area contributed by atoms with E-state index in [1.807, 2.05) is 0 Å². The number of allylic oxidation sites excluding steroid dienone is 2. The minimum absolute atomic E-state index is 0.265. The van der Waals surface area contributed by atoms with E-state index in [1.54, 1.807) is 29.6 Å². The van der Waals surface area contributed by atoms with Crippen LogP contribution < -0.4 is 5.32 Å². The first-order valence-electron chi connectivity index (χ1n) is 5.65. The van der Waals surface area contributed by atoms with E-state index in [-0.39, 0.29) is 10.6 Å². The van der Waals surface area contributed by atoms with Crippen molar-refractivity contribution in [2.24, 2.45) is 0 Å². The van der Waals surface area contributed by atoms with Crippen LogP contribution in [0.15, 0.2) is 59.6 Å². The number of anilines is 1. The Labute approximate surface area is 117 Å². The Kier molecular flexibility index (Phi) is 4.24. The van der Waals surface area contributed by atoms with E-state index in [0.717, 1.165) is 11.3 Å². The summed E-state index contributed by atoms with van der Waals surface area (Å²) >= 11 is 1.10. The molecule has 0 aliphatic rings. The van der Waals surface area contributed by atoms with Crippen LogP contribution in [0.3, 0.4) is 0 Å². The van der Waals surface area contributed by atoms with Gasteiger partial charge in [-0.3, -0.25) is 4.79 Å². The zero-order chi connectivity index (χ0) is 14.6. The molecule has 0 amide bonds. The summed E-state index contributed by atoms with van der Waals surface area (Å²) in [6, 6.07) is 11.0. The van der Waals surface area contributed by atoms with Gasteiger partial charge in [0.25, 0.3) is 0 Å². The number of hydrogen-bond acceptors (Lipinski definition) is 3. The molecular weight excluding hydrogens is 287 g/mol. The molecule has 0 fully saturated rings. The predicted octanol–water partition coefficient (Wildman–Crippen LogP) is 4.49. The van der Waals surface area contributed by atoms with Crippen molar-refractivity contribution in [3.8, 4) is 0 Å². The minimum Gasteiger partial charge on any atom is -0.351 e. The molecule has 2 nitrogen and oxygen atoms in total. The highest BCUT2D eigenvalue weighted by Gasteiger charge is 2.34. The molecule has 0 bridgehead atoms. The fraction of sp³-hybridized carbons (Fsp3) is 0.0714. The molecule has 0 saturated carbocycles. The summed E-state index contributed by atoms with van der Waals surface area (Å²) in [6.07, 6.45) is -4.04. The molecule has 20 heavy (non-hydrogen) atoms. The smallest absolute Gasteiger partial charge is 0.351 e. The Morgan fingerprint density at radius 3 is 2.35 bits per heavy atom. The van der Waals surface area contributed by atoms with Gasteiger partial charge in [0, 0.05) is 11.8 Å². The highest BCUT2D eigenvalue weighted by molar-refractivity contribution is 7.12. The lowest BCUT2D eigenvalue weighted by molar-refractivity contribution is -0.0903. The van der Waals surface area contributed by atoms with Gasteiger partial charge in [-0.15, -0.1) is 11.3 Å². The molecule has 1 N–H and O–H groups in total. The second-order valence-electron chi connectivity index (χ2n) is 3.89. The fourth-order valence-electron chi connectivity index (χ4n) is 1.49. The molecule has 0 aliphatic carbocycles. The van der Waals surface area contributed by atoms with Crippen molar-refractivity contribution in [3.63, 3.8) is 0 Å². The zero-order valence-electron chi connectivity index (χ0n) is 10.1. The van der Waals surface area contributed by atoms with Gasteiger partial charge in [0.2, 0.25) is 0 Å². The van der Waals surface area contributed by atoms with Crippen LogP contribution >= 0.6 is 11.3 Å². The van der Waals surface area contributed by atoms with Gasteiger partial charge in [0.15, 0.2) is 5.78 Å². The Bertz CT molecular complexity index is 603. The topological polar surface area (TPSA) is 29.1 Å². The van der Waals surface area contributed by atoms with E-state index < -0.39 is 17.7 Å². The first kappa shape index (κ1) is 14.3. The number of para-hydroxylation sites is 1. The van der Waals surface area contributed by atoms with Crippen LogP contribution in [0.25, 0.3) is 0 Å². The third-order valence-corrected chi connectivity index (χ3v) is 3.28. The lowest BCUT2D eigenvalue weighted by Crippen LogP contribution is -2.20. The maximum atomic E-state index is 12.9. The van der Waals surface area contributed by atoms with Crippen molar-refractivity contribution in [2.75, 3.05) is 5.32 Å². The number of thiophene rings is 1. The Morgan fingerprint density at radius 1 is 1.10 bits per heavy atom. The number of halogens is 3. The second-order valence-corrected chi connectivity index (χ2v) is 4.84. The van der Waals surface area contributed by atoms with E-state index in [0.29, 0.717) is 6.08 Å². The number of alkyl halides is 3. The number of carbonyl (C=O) groups excluding carboxylic acids is 1. The Balaban J connectivity index is 2.27. The predicted molar refractivity (Wildman–Crippen MR) is 72.9 cm³/mol. The molecular formula is C14H10F3NOS. The molecule has 0 saturated heterocycles. The third kappa shape index (κ3) is 3.71. The first-order valence-corrected chi connectivity index (χ1v) is 6.53. The molecule has 104 valence electrons. The van der Waals surface area contributed by atoms with Gasteiger partial charge in [-0.05, 0) is 23.6 Å². The standard InChI is InChI=1S/C14H10F3NOS/c15-14(16,17)13(18-10-5-2-1-3-6-10)9-11(19)12-7-4-8-20-12/h1-9,18H/b13-9+. The second kappa shape index (κ2) is 5.92. The van der Waals surface area contributed by atoms with Gasteiger partial charge < -0.3 is 5.32 Å². The SMILES string of the molecule is O=C(/C=C(/Nc1ccccc1)C(F)(F)F)c1cccs1. The van der Waals surface area contributed by atoms with E-state index in [4.69, 9.17) is 0 Å². The normalized spacial score (nSPS) is 12.2. The first-order chi connectivity index (χ1) is 9.47. The molecule has 1 heterocycles. The van der Waals surface area contributed by atoms with Gasteiger partial charge in [0.05, 0.1) is 4.88 Å². The molecule has 1 aromatic heterocycles. The highest BCUT2D eigenvalue weighted by Crippen LogP contribution is 2.27. The monoisotopic (exact) mass is 297 g/mol. The van der Waals surface area contributed by atoms with Crippen molar-refractivity contribution in [1.82, 2.24) is 0 Å². The molecule has 0 spiro atoms. The molecule has 2 aromatic rings. The highest BCUT2D eigenvalue weighted by atomic mass is 32.1. The van der Waals surface area contributed by atoms with E-state index in [1.165, 1.54) is 18.2 Å². The fourth-order valence-corrected chi connectivity index (χ4v) is 2.12. The van der Waals surface area contributed by atoms with Crippen LogP contribution in [-0.2, 0) is 0 Å². The lowest BCUT2D eigenvalue weighted by atomic mass is 10.2. The number of carbonyl (C=O) groups is 1. The Morgan fingerprint density at radius 2 is 1.80 bits per heavy atom. The summed E-state index contributed by atoms with van der Waals surface area (Å²) in [4.78, 5) is 12.0. The van der Waals surface area contributed by atoms with Gasteiger partial charge >= 0.3 is 6.18 Å². The summed E-state index contributed by atoms with van der Waals surface area (Å²) in [5, 5.41) is 3.87. The van der Waals surface area contributed by atoms with Crippen LogP contribution in [0.2, 0.25) is 0 Å². The number of rotatable bonds is 4. The largest absolute Gasteiger partial charge is 0.431 e. The summed E-state index contributed by atoms with van der Waals surface area (Å²) in [7, 11) is 0. The summed E-state index contributed by atoms with van der Waals surface area (Å²) in [6.45, 7) is 0. The number of hydrogen-bond donors (Lipinski definition) is 1. The maximum absolute atomic E-state index is 12.9. The maximum Gasteiger partial charge on any atom is 0.431 e. The van der Waals surface area contributed by atoms with Crippen LogP contribution in [0.5, 0.6) is 0 Å². The summed E-state index contributed by atoms with van der Waals surface area (Å²) in [5.41, 5.74) is -0.808. The molecule has 1 aromatic carbocycles. The van der Waals surface area contributed by atoms with Crippen molar-refractivity contribution < 1.29 is 18.0 Å². The molecule has 0 unspecified atom stereocenters. The van der Waals surface area contributed by atoms with E-state index in [2.05, 4.69) is 5.32 Å². The molecule has 0 radical (unpaired) electrons. The van der Waals surface area contributed by atoms with Crippen LogP contribution in [0, 0.1) is 0 Å². The van der Waals surface area contributed by atoms with Crippen molar-refractivity contribution in [1.29, 1.82) is 0 Å². The molecule has 0 aliphatic heterocycles. The number of nitrogens with one attached hydrogen (secondary N) is 1. The van der Waals surface area contributed by atoms with Crippen LogP contribution in [0.1, 0.15) is 9.67 Å². The van der Waals surface area contributed by atoms with Crippen molar-refractivity contribution in [3.05, 3.63) is 64.5 Å². The third-order valence-electron chi connectivity index (χ3n) is 2.40. The lowest BCUT2D eigenvalue weighted by Gasteiger charge is -2.13. The van der Waals surface area contributed by atoms with Gasteiger partial charge in [-0.1, -0.05) is 24.3 Å². The quantitative estimate of drug-likeness (QED) is 0.665. The average molecular weight is 297 g/mol. The number of benzene rings is 1. The number of ketones is 1. The summed E-state index contributed by atoms with van der Waals surface area (Å²) in [5.74, 6) is -0.671. The molecule has 0 atom stereocenters. The van der Waals surface area contributed by atoms with Crippen LogP contribution in [0.4, 0.5) is 18.9 Å². The minimum atomic E-state index is -4.62. The average Bonchev–Trinajstić information content (AvgIpc) is 2.92. The zero-order valence-corrected chi connectivity index (χ0v) is 11.0. The summed E-state index contributed by atoms with van der Waals surface area (Å²) < 4.78 is 38.8. The van der Waals surface area contributed by atoms with Crippen molar-refractivity contribution >= 4 is 22.8 Å². The van der Waals surface area contributed by atoms with Gasteiger partial charge in [-0.25, -0.2) is 0 Å². The van der Waals surface area contributed by atoms with E-state index >= 15 is 0 Å². The Hall–Kier alpha value is -2.08. The van der Waals surface area contributed by atoms with Crippen LogP contribution in [-0.4, -0.2) is 12.0 Å².